The topological polar surface area (TPSA) is 113 Å². The third kappa shape index (κ3) is 5.50. The molecule has 1 unspecified atom stereocenters. The molecule has 0 fully saturated rings. The van der Waals surface area contributed by atoms with Gasteiger partial charge in [-0.3, -0.25) is 9.59 Å². The van der Waals surface area contributed by atoms with E-state index in [1.54, 1.807) is 25.1 Å². The van der Waals surface area contributed by atoms with E-state index in [1.807, 2.05) is 13.0 Å². The third-order valence-electron chi connectivity index (χ3n) is 4.11. The van der Waals surface area contributed by atoms with Crippen LogP contribution in [0.4, 0.5) is 0 Å². The van der Waals surface area contributed by atoms with E-state index in [0.717, 1.165) is 15.6 Å². The van der Waals surface area contributed by atoms with Gasteiger partial charge in [-0.05, 0) is 49.2 Å². The Hall–Kier alpha value is -2.54. The Balaban J connectivity index is 2.33. The van der Waals surface area contributed by atoms with Crippen LogP contribution in [0.2, 0.25) is 0 Å². The summed E-state index contributed by atoms with van der Waals surface area (Å²) in [5.74, 6) is -3.67. The first kappa shape index (κ1) is 22.7. The summed E-state index contributed by atoms with van der Waals surface area (Å²) in [4.78, 5) is 24.3. The van der Waals surface area contributed by atoms with Crippen molar-refractivity contribution in [3.05, 3.63) is 63.6 Å². The molecular formula is C20H19BrN2O5S. The van der Waals surface area contributed by atoms with Gasteiger partial charge in [-0.15, -0.1) is 0 Å². The molecule has 2 rings (SSSR count). The van der Waals surface area contributed by atoms with Gasteiger partial charge < -0.3 is 4.74 Å². The Morgan fingerprint density at radius 2 is 1.93 bits per heavy atom. The molecule has 1 atom stereocenters. The van der Waals surface area contributed by atoms with E-state index >= 15 is 0 Å². The Kier molecular flexibility index (Phi) is 7.67. The quantitative estimate of drug-likeness (QED) is 0.354. The second-order valence-electron chi connectivity index (χ2n) is 6.07. The first-order chi connectivity index (χ1) is 13.7. The van der Waals surface area contributed by atoms with Crippen molar-refractivity contribution in [3.63, 3.8) is 0 Å². The van der Waals surface area contributed by atoms with E-state index < -0.39 is 27.7 Å². The Morgan fingerprint density at radius 1 is 1.24 bits per heavy atom. The number of esters is 1. The average molecular weight is 479 g/mol. The zero-order valence-corrected chi connectivity index (χ0v) is 18.2. The fourth-order valence-corrected chi connectivity index (χ4v) is 4.30. The van der Waals surface area contributed by atoms with Gasteiger partial charge in [0.25, 0.3) is 0 Å². The van der Waals surface area contributed by atoms with Crippen LogP contribution in [0.1, 0.15) is 28.4 Å². The fourth-order valence-electron chi connectivity index (χ4n) is 2.61. The lowest BCUT2D eigenvalue weighted by molar-refractivity contribution is -0.144. The first-order valence-corrected chi connectivity index (χ1v) is 10.9. The predicted octanol–water partition coefficient (Wildman–Crippen LogP) is 3.12. The molecule has 0 aliphatic carbocycles. The van der Waals surface area contributed by atoms with Crippen molar-refractivity contribution in [1.82, 2.24) is 4.72 Å². The van der Waals surface area contributed by atoms with Crippen molar-refractivity contribution in [2.75, 3.05) is 6.61 Å². The number of hydrogen-bond donors (Lipinski definition) is 1. The van der Waals surface area contributed by atoms with E-state index in [-0.39, 0.29) is 23.6 Å². The number of sulfonamides is 1. The maximum atomic E-state index is 12.8. The number of aryl methyl sites for hydroxylation is 1. The zero-order chi connectivity index (χ0) is 21.6. The summed E-state index contributed by atoms with van der Waals surface area (Å²) in [5.41, 5.74) is 1.41. The van der Waals surface area contributed by atoms with Gasteiger partial charge in [-0.25, -0.2) is 13.1 Å². The van der Waals surface area contributed by atoms with E-state index in [2.05, 4.69) is 20.7 Å². The van der Waals surface area contributed by atoms with Crippen LogP contribution in [0, 0.1) is 24.2 Å². The molecule has 0 aliphatic heterocycles. The molecular weight excluding hydrogens is 460 g/mol. The number of benzene rings is 2. The van der Waals surface area contributed by atoms with Crippen LogP contribution in [-0.4, -0.2) is 26.8 Å². The van der Waals surface area contributed by atoms with Crippen LogP contribution in [0.3, 0.4) is 0 Å². The van der Waals surface area contributed by atoms with E-state index in [0.29, 0.717) is 0 Å². The molecule has 0 aromatic heterocycles. The number of carbonyl (C=O) groups is 2. The standard InChI is InChI=1S/C20H19BrN2O5S/c1-3-28-20(25)17(11-22)19(24)16-6-4-5-7-18(16)29(26,27)23-12-14-8-9-15(21)10-13(14)2/h4-10,17,23H,3,12H2,1-2H3. The van der Waals surface area contributed by atoms with Gasteiger partial charge >= 0.3 is 5.97 Å². The lowest BCUT2D eigenvalue weighted by Gasteiger charge is -2.13. The summed E-state index contributed by atoms with van der Waals surface area (Å²) < 4.78 is 33.8. The van der Waals surface area contributed by atoms with E-state index in [4.69, 9.17) is 4.74 Å². The molecule has 1 N–H and O–H groups in total. The summed E-state index contributed by atoms with van der Waals surface area (Å²) in [6.07, 6.45) is 0. The summed E-state index contributed by atoms with van der Waals surface area (Å²) in [7, 11) is -4.08. The molecule has 152 valence electrons. The number of halogens is 1. The fraction of sp³-hybridized carbons (Fsp3) is 0.250. The van der Waals surface area contributed by atoms with Gasteiger partial charge in [0.05, 0.1) is 17.6 Å². The molecule has 0 saturated carbocycles. The molecule has 0 spiro atoms. The minimum Gasteiger partial charge on any atom is -0.465 e. The van der Waals surface area contributed by atoms with Crippen molar-refractivity contribution in [2.45, 2.75) is 25.3 Å². The Morgan fingerprint density at radius 3 is 2.55 bits per heavy atom. The number of rotatable bonds is 8. The van der Waals surface area contributed by atoms with Gasteiger partial charge in [0.1, 0.15) is 0 Å². The van der Waals surface area contributed by atoms with Crippen LogP contribution in [0.5, 0.6) is 0 Å². The van der Waals surface area contributed by atoms with E-state index in [9.17, 15) is 23.3 Å². The van der Waals surface area contributed by atoms with Gasteiger partial charge in [0, 0.05) is 16.6 Å². The molecule has 0 aliphatic rings. The number of nitrogens with zero attached hydrogens (tertiary/aromatic N) is 1. The Bertz CT molecular complexity index is 1080. The van der Waals surface area contributed by atoms with Crippen molar-refractivity contribution in [3.8, 4) is 6.07 Å². The second kappa shape index (κ2) is 9.78. The highest BCUT2D eigenvalue weighted by Crippen LogP contribution is 2.21. The number of nitrogens with one attached hydrogen (secondary N) is 1. The molecule has 9 heteroatoms. The van der Waals surface area contributed by atoms with Crippen LogP contribution in [-0.2, 0) is 26.1 Å². The van der Waals surface area contributed by atoms with Crippen LogP contribution < -0.4 is 4.72 Å². The summed E-state index contributed by atoms with van der Waals surface area (Å²) in [6.45, 7) is 3.41. The number of ether oxygens (including phenoxy) is 1. The molecule has 7 nitrogen and oxygen atoms in total. The molecule has 2 aromatic carbocycles. The second-order valence-corrected chi connectivity index (χ2v) is 8.72. The maximum Gasteiger partial charge on any atom is 0.331 e. The number of hydrogen-bond acceptors (Lipinski definition) is 6. The van der Waals surface area contributed by atoms with E-state index in [1.165, 1.54) is 24.3 Å². The molecule has 0 heterocycles. The lowest BCUT2D eigenvalue weighted by atomic mass is 9.99. The molecule has 29 heavy (non-hydrogen) atoms. The first-order valence-electron chi connectivity index (χ1n) is 8.65. The number of Topliss-reactive ketones (excluding diaryl/α,β-unsaturated/α-hetero) is 1. The highest BCUT2D eigenvalue weighted by molar-refractivity contribution is 9.10. The van der Waals surface area contributed by atoms with Crippen molar-refractivity contribution >= 4 is 37.7 Å². The molecule has 0 saturated heterocycles. The van der Waals surface area contributed by atoms with Crippen molar-refractivity contribution in [1.29, 1.82) is 5.26 Å². The molecule has 0 amide bonds. The van der Waals surface area contributed by atoms with Crippen LogP contribution in [0.25, 0.3) is 0 Å². The average Bonchev–Trinajstić information content (AvgIpc) is 2.68. The van der Waals surface area contributed by atoms with Crippen molar-refractivity contribution in [2.24, 2.45) is 5.92 Å². The van der Waals surface area contributed by atoms with Crippen molar-refractivity contribution < 1.29 is 22.7 Å². The minimum absolute atomic E-state index is 0.00165. The van der Waals surface area contributed by atoms with Gasteiger partial charge in [-0.2, -0.15) is 5.26 Å². The summed E-state index contributed by atoms with van der Waals surface area (Å²) in [5, 5.41) is 9.21. The largest absolute Gasteiger partial charge is 0.465 e. The highest BCUT2D eigenvalue weighted by atomic mass is 79.9. The smallest absolute Gasteiger partial charge is 0.331 e. The van der Waals surface area contributed by atoms with Gasteiger partial charge in [0.2, 0.25) is 15.9 Å². The minimum atomic E-state index is -4.08. The number of ketones is 1. The zero-order valence-electron chi connectivity index (χ0n) is 15.8. The predicted molar refractivity (Wildman–Crippen MR) is 109 cm³/mol. The normalized spacial score (nSPS) is 12.1. The number of nitriles is 1. The summed E-state index contributed by atoms with van der Waals surface area (Å²) in [6, 6.07) is 12.5. The SMILES string of the molecule is CCOC(=O)C(C#N)C(=O)c1ccccc1S(=O)(=O)NCc1ccc(Br)cc1C. The van der Waals surface area contributed by atoms with Crippen LogP contribution in [0.15, 0.2) is 51.8 Å². The monoisotopic (exact) mass is 478 g/mol. The Labute approximate surface area is 177 Å². The number of carbonyl (C=O) groups excluding carboxylic acids is 2. The summed E-state index contributed by atoms with van der Waals surface area (Å²) >= 11 is 3.35. The molecule has 0 bridgehead atoms. The third-order valence-corrected chi connectivity index (χ3v) is 6.07. The van der Waals surface area contributed by atoms with Gasteiger partial charge in [-0.1, -0.05) is 34.1 Å². The molecule has 0 radical (unpaired) electrons. The van der Waals surface area contributed by atoms with Gasteiger partial charge in [0.15, 0.2) is 5.78 Å². The van der Waals surface area contributed by atoms with Crippen LogP contribution >= 0.6 is 15.9 Å². The molecule has 2 aromatic rings. The maximum absolute atomic E-state index is 12.8. The highest BCUT2D eigenvalue weighted by Gasteiger charge is 2.32. The lowest BCUT2D eigenvalue weighted by Crippen LogP contribution is -2.29.